The van der Waals surface area contributed by atoms with Crippen LogP contribution in [0.1, 0.15) is 19.5 Å². The van der Waals surface area contributed by atoms with Crippen LogP contribution in [0.2, 0.25) is 0 Å². The Kier molecular flexibility index (Phi) is 4.44. The molecule has 3 rings (SSSR count). The maximum Gasteiger partial charge on any atom is 0.195 e. The lowest BCUT2D eigenvalue weighted by Crippen LogP contribution is -2.44. The summed E-state index contributed by atoms with van der Waals surface area (Å²) in [5.41, 5.74) is 1.18. The van der Waals surface area contributed by atoms with E-state index in [0.29, 0.717) is 19.2 Å². The zero-order valence-electron chi connectivity index (χ0n) is 12.5. The molecule has 3 heterocycles. The molecular weight excluding hydrogens is 288 g/mol. The predicted molar refractivity (Wildman–Crippen MR) is 84.1 cm³/mol. The predicted octanol–water partition coefficient (Wildman–Crippen LogP) is 1.09. The summed E-state index contributed by atoms with van der Waals surface area (Å²) >= 11 is 1.64. The fraction of sp³-hybridized carbons (Fsp3) is 0.643. The first-order valence-corrected chi connectivity index (χ1v) is 8.22. The molecule has 2 aromatic rings. The van der Waals surface area contributed by atoms with E-state index in [0.717, 1.165) is 23.9 Å². The Morgan fingerprint density at radius 1 is 1.57 bits per heavy atom. The van der Waals surface area contributed by atoms with Gasteiger partial charge in [0.1, 0.15) is 0 Å². The Bertz CT molecular complexity index is 595. The number of nitrogens with one attached hydrogen (secondary N) is 1. The van der Waals surface area contributed by atoms with Gasteiger partial charge in [-0.2, -0.15) is 0 Å². The fourth-order valence-corrected chi connectivity index (χ4v) is 3.29. The van der Waals surface area contributed by atoms with Gasteiger partial charge < -0.3 is 20.1 Å². The van der Waals surface area contributed by atoms with E-state index in [4.69, 9.17) is 9.72 Å². The highest BCUT2D eigenvalue weighted by Crippen LogP contribution is 2.26. The van der Waals surface area contributed by atoms with Crippen LogP contribution in [0.3, 0.4) is 0 Å². The third-order valence-corrected chi connectivity index (χ3v) is 4.42. The van der Waals surface area contributed by atoms with Crippen LogP contribution in [0, 0.1) is 0 Å². The Balaban J connectivity index is 1.89. The van der Waals surface area contributed by atoms with Crippen LogP contribution in [0.5, 0.6) is 0 Å². The number of thiazole rings is 1. The second kappa shape index (κ2) is 6.31. The minimum absolute atomic E-state index is 0.0539. The van der Waals surface area contributed by atoms with Gasteiger partial charge in [0.2, 0.25) is 0 Å². The summed E-state index contributed by atoms with van der Waals surface area (Å²) in [6.07, 6.45) is 1.95. The first kappa shape index (κ1) is 14.8. The summed E-state index contributed by atoms with van der Waals surface area (Å²) in [6.45, 7) is 7.26. The van der Waals surface area contributed by atoms with Gasteiger partial charge in [0.15, 0.2) is 10.8 Å². The van der Waals surface area contributed by atoms with Crippen molar-refractivity contribution < 1.29 is 9.84 Å². The molecule has 1 atom stereocenters. The average molecular weight is 310 g/mol. The fourth-order valence-electron chi connectivity index (χ4n) is 2.56. The summed E-state index contributed by atoms with van der Waals surface area (Å²) < 4.78 is 7.68. The van der Waals surface area contributed by atoms with Crippen molar-refractivity contribution in [2.24, 2.45) is 0 Å². The van der Waals surface area contributed by atoms with Gasteiger partial charge in [0.25, 0.3) is 0 Å². The van der Waals surface area contributed by atoms with E-state index in [1.165, 1.54) is 5.69 Å². The molecule has 21 heavy (non-hydrogen) atoms. The highest BCUT2D eigenvalue weighted by molar-refractivity contribution is 7.15. The van der Waals surface area contributed by atoms with E-state index >= 15 is 0 Å². The van der Waals surface area contributed by atoms with Gasteiger partial charge in [-0.25, -0.2) is 4.98 Å². The Hall–Kier alpha value is -1.15. The lowest BCUT2D eigenvalue weighted by atomic mass is 10.2. The number of anilines is 1. The second-order valence-electron chi connectivity index (χ2n) is 5.59. The van der Waals surface area contributed by atoms with Gasteiger partial charge in [-0.1, -0.05) is 13.8 Å². The number of nitrogens with zero attached hydrogens (tertiary/aromatic N) is 3. The number of aliphatic hydroxyl groups excluding tert-OH is 1. The summed E-state index contributed by atoms with van der Waals surface area (Å²) in [4.78, 5) is 8.01. The molecule has 1 aliphatic rings. The average Bonchev–Trinajstić information content (AvgIpc) is 3.06. The molecule has 0 saturated carbocycles. The van der Waals surface area contributed by atoms with Crippen molar-refractivity contribution in [1.82, 2.24) is 14.7 Å². The Morgan fingerprint density at radius 2 is 2.43 bits per heavy atom. The van der Waals surface area contributed by atoms with Gasteiger partial charge >= 0.3 is 0 Å². The molecule has 0 spiro atoms. The number of ether oxygens (including phenoxy) is 1. The van der Waals surface area contributed by atoms with Crippen LogP contribution in [0.4, 0.5) is 5.82 Å². The number of fused-ring (bicyclic) bond motifs is 1. The molecule has 2 N–H and O–H groups in total. The van der Waals surface area contributed by atoms with Gasteiger partial charge in [-0.3, -0.25) is 4.40 Å². The van der Waals surface area contributed by atoms with Crippen LogP contribution in [-0.2, 0) is 11.3 Å². The van der Waals surface area contributed by atoms with Crippen LogP contribution < -0.4 is 10.2 Å². The lowest BCUT2D eigenvalue weighted by molar-refractivity contribution is 0.00333. The number of hydrogen-bond donors (Lipinski definition) is 2. The Morgan fingerprint density at radius 3 is 3.19 bits per heavy atom. The van der Waals surface area contributed by atoms with Gasteiger partial charge in [0.05, 0.1) is 25.0 Å². The number of morpholine rings is 1. The minimum atomic E-state index is -0.121. The quantitative estimate of drug-likeness (QED) is 0.866. The summed E-state index contributed by atoms with van der Waals surface area (Å²) in [7, 11) is 0. The normalized spacial score (nSPS) is 19.8. The molecule has 7 heteroatoms. The van der Waals surface area contributed by atoms with E-state index in [1.807, 2.05) is 0 Å². The number of aliphatic hydroxyl groups is 1. The van der Waals surface area contributed by atoms with E-state index in [2.05, 4.69) is 40.0 Å². The molecule has 0 radical (unpaired) electrons. The molecule has 1 fully saturated rings. The zero-order valence-corrected chi connectivity index (χ0v) is 13.3. The zero-order chi connectivity index (χ0) is 14.8. The third kappa shape index (κ3) is 3.06. The molecule has 0 aromatic carbocycles. The number of aromatic nitrogens is 2. The molecular formula is C14H22N4O2S. The van der Waals surface area contributed by atoms with Crippen molar-refractivity contribution >= 4 is 22.1 Å². The van der Waals surface area contributed by atoms with Crippen molar-refractivity contribution in [1.29, 1.82) is 0 Å². The van der Waals surface area contributed by atoms with E-state index in [9.17, 15) is 5.11 Å². The van der Waals surface area contributed by atoms with Crippen molar-refractivity contribution in [3.63, 3.8) is 0 Å². The second-order valence-corrected chi connectivity index (χ2v) is 6.47. The first-order chi connectivity index (χ1) is 10.2. The summed E-state index contributed by atoms with van der Waals surface area (Å²) in [5, 5.41) is 14.8. The van der Waals surface area contributed by atoms with Gasteiger partial charge in [-0.15, -0.1) is 11.3 Å². The van der Waals surface area contributed by atoms with Gasteiger partial charge in [0, 0.05) is 37.3 Å². The van der Waals surface area contributed by atoms with Gasteiger partial charge in [-0.05, 0) is 0 Å². The van der Waals surface area contributed by atoms with E-state index in [1.54, 1.807) is 11.3 Å². The van der Waals surface area contributed by atoms with Crippen molar-refractivity contribution in [3.05, 3.63) is 17.3 Å². The molecule has 0 aliphatic carbocycles. The van der Waals surface area contributed by atoms with Crippen molar-refractivity contribution in [2.45, 2.75) is 32.5 Å². The molecule has 1 aliphatic heterocycles. The van der Waals surface area contributed by atoms with Crippen LogP contribution in [0.25, 0.3) is 4.96 Å². The highest BCUT2D eigenvalue weighted by Gasteiger charge is 2.25. The number of rotatable bonds is 5. The largest absolute Gasteiger partial charge is 0.394 e. The van der Waals surface area contributed by atoms with Crippen LogP contribution in [0.15, 0.2) is 11.6 Å². The van der Waals surface area contributed by atoms with Crippen LogP contribution in [-0.4, -0.2) is 52.9 Å². The van der Waals surface area contributed by atoms with Crippen molar-refractivity contribution in [3.8, 4) is 0 Å². The molecule has 0 amide bonds. The summed E-state index contributed by atoms with van der Waals surface area (Å²) in [6, 6.07) is 0.428. The third-order valence-electron chi connectivity index (χ3n) is 3.66. The summed E-state index contributed by atoms with van der Waals surface area (Å²) in [5.74, 6) is 1.01. The first-order valence-electron chi connectivity index (χ1n) is 7.34. The molecule has 116 valence electrons. The smallest absolute Gasteiger partial charge is 0.195 e. The van der Waals surface area contributed by atoms with Crippen LogP contribution >= 0.6 is 11.3 Å². The Labute approximate surface area is 128 Å². The lowest BCUT2D eigenvalue weighted by Gasteiger charge is -2.32. The molecule has 2 aromatic heterocycles. The molecule has 1 saturated heterocycles. The molecule has 6 nitrogen and oxygen atoms in total. The van der Waals surface area contributed by atoms with Crippen molar-refractivity contribution in [2.75, 3.05) is 31.2 Å². The maximum absolute atomic E-state index is 9.31. The molecule has 1 unspecified atom stereocenters. The SMILES string of the molecule is CC(C)NCc1c(N2CCOC(CO)C2)nc2sccn12. The maximum atomic E-state index is 9.31. The highest BCUT2D eigenvalue weighted by atomic mass is 32.1. The monoisotopic (exact) mass is 310 g/mol. The number of imidazole rings is 1. The molecule has 0 bridgehead atoms. The van der Waals surface area contributed by atoms with E-state index in [-0.39, 0.29) is 12.7 Å². The standard InChI is InChI=1S/C14H22N4O2S/c1-10(2)15-7-12-13(16-14-18(12)4-6-21-14)17-3-5-20-11(8-17)9-19/h4,6,10-11,15,19H,3,5,7-9H2,1-2H3. The van der Waals surface area contributed by atoms with E-state index < -0.39 is 0 Å². The number of hydrogen-bond acceptors (Lipinski definition) is 6. The minimum Gasteiger partial charge on any atom is -0.394 e. The topological polar surface area (TPSA) is 62.0 Å².